The zero-order valence-corrected chi connectivity index (χ0v) is 12.9. The quantitative estimate of drug-likeness (QED) is 0.848. The van der Waals surface area contributed by atoms with Gasteiger partial charge in [0.25, 0.3) is 0 Å². The number of aromatic nitrogens is 2. The van der Waals surface area contributed by atoms with E-state index in [-0.39, 0.29) is 0 Å². The van der Waals surface area contributed by atoms with Crippen molar-refractivity contribution in [1.29, 1.82) is 0 Å². The molecule has 1 unspecified atom stereocenters. The monoisotopic (exact) mass is 291 g/mol. The highest BCUT2D eigenvalue weighted by molar-refractivity contribution is 7.09. The van der Waals surface area contributed by atoms with Gasteiger partial charge >= 0.3 is 0 Å². The molecule has 5 heteroatoms. The molecule has 1 atom stereocenters. The number of hydrogen-bond donors (Lipinski definition) is 0. The molecule has 0 spiro atoms. The molecule has 0 radical (unpaired) electrons. The van der Waals surface area contributed by atoms with Crippen LogP contribution < -0.4 is 0 Å². The van der Waals surface area contributed by atoms with Crippen molar-refractivity contribution in [2.75, 3.05) is 20.3 Å². The normalized spacial score (nSPS) is 19.2. The average molecular weight is 291 g/mol. The Hall–Kier alpha value is -1.17. The number of fused-ring (bicyclic) bond motifs is 1. The van der Waals surface area contributed by atoms with Gasteiger partial charge in [-0.15, -0.1) is 11.3 Å². The van der Waals surface area contributed by atoms with Gasteiger partial charge in [-0.2, -0.15) is 5.10 Å². The molecule has 20 heavy (non-hydrogen) atoms. The van der Waals surface area contributed by atoms with E-state index in [4.69, 9.17) is 4.74 Å². The molecule has 4 nitrogen and oxygen atoms in total. The summed E-state index contributed by atoms with van der Waals surface area (Å²) in [5.41, 5.74) is 2.73. The van der Waals surface area contributed by atoms with E-state index in [9.17, 15) is 0 Å². The van der Waals surface area contributed by atoms with E-state index in [1.807, 2.05) is 17.5 Å². The SMILES string of the molecule is CCn1ncc2c1CN(Cc1cccs1)CC2COC. The fraction of sp³-hybridized carbons (Fsp3) is 0.533. The summed E-state index contributed by atoms with van der Waals surface area (Å²) in [5, 5.41) is 6.66. The van der Waals surface area contributed by atoms with E-state index < -0.39 is 0 Å². The molecule has 2 aromatic rings. The van der Waals surface area contributed by atoms with Crippen LogP contribution in [-0.4, -0.2) is 34.9 Å². The number of methoxy groups -OCH3 is 1. The molecule has 0 bridgehead atoms. The Labute approximate surface area is 124 Å². The summed E-state index contributed by atoms with van der Waals surface area (Å²) < 4.78 is 7.53. The van der Waals surface area contributed by atoms with Crippen molar-refractivity contribution in [3.8, 4) is 0 Å². The van der Waals surface area contributed by atoms with Gasteiger partial charge in [0, 0.05) is 49.6 Å². The Bertz CT molecular complexity index is 549. The van der Waals surface area contributed by atoms with Crippen LogP contribution in [0.4, 0.5) is 0 Å². The van der Waals surface area contributed by atoms with Crippen LogP contribution >= 0.6 is 11.3 Å². The van der Waals surface area contributed by atoms with Crippen LogP contribution in [0.25, 0.3) is 0 Å². The van der Waals surface area contributed by atoms with Gasteiger partial charge in [0.05, 0.1) is 18.5 Å². The van der Waals surface area contributed by atoms with E-state index in [2.05, 4.69) is 39.1 Å². The molecule has 1 aliphatic heterocycles. The Morgan fingerprint density at radius 1 is 1.50 bits per heavy atom. The van der Waals surface area contributed by atoms with Crippen LogP contribution in [0.2, 0.25) is 0 Å². The molecule has 3 rings (SSSR count). The van der Waals surface area contributed by atoms with Crippen LogP contribution in [0.1, 0.15) is 29.0 Å². The van der Waals surface area contributed by atoms with Crippen molar-refractivity contribution in [3.63, 3.8) is 0 Å². The fourth-order valence-electron chi connectivity index (χ4n) is 2.98. The van der Waals surface area contributed by atoms with Gasteiger partial charge in [0.1, 0.15) is 0 Å². The molecule has 0 aliphatic carbocycles. The molecule has 0 amide bonds. The summed E-state index contributed by atoms with van der Waals surface area (Å²) in [6, 6.07) is 4.33. The molecule has 108 valence electrons. The number of aryl methyl sites for hydroxylation is 1. The van der Waals surface area contributed by atoms with Gasteiger partial charge in [-0.05, 0) is 18.4 Å². The van der Waals surface area contributed by atoms with Crippen LogP contribution in [0, 0.1) is 0 Å². The van der Waals surface area contributed by atoms with Gasteiger partial charge < -0.3 is 4.74 Å². The van der Waals surface area contributed by atoms with Crippen LogP contribution in [0.5, 0.6) is 0 Å². The van der Waals surface area contributed by atoms with Crippen molar-refractivity contribution in [3.05, 3.63) is 39.8 Å². The second kappa shape index (κ2) is 6.08. The molecule has 0 aromatic carbocycles. The largest absolute Gasteiger partial charge is 0.384 e. The number of thiophene rings is 1. The minimum atomic E-state index is 0.434. The fourth-order valence-corrected chi connectivity index (χ4v) is 3.73. The summed E-state index contributed by atoms with van der Waals surface area (Å²) in [4.78, 5) is 3.93. The Kier molecular flexibility index (Phi) is 4.19. The van der Waals surface area contributed by atoms with E-state index in [0.717, 1.165) is 32.8 Å². The minimum Gasteiger partial charge on any atom is -0.384 e. The Morgan fingerprint density at radius 3 is 3.10 bits per heavy atom. The molecule has 0 fully saturated rings. The lowest BCUT2D eigenvalue weighted by Crippen LogP contribution is -2.35. The minimum absolute atomic E-state index is 0.434. The highest BCUT2D eigenvalue weighted by Gasteiger charge is 2.28. The van der Waals surface area contributed by atoms with E-state index >= 15 is 0 Å². The number of nitrogens with zero attached hydrogens (tertiary/aromatic N) is 3. The maximum absolute atomic E-state index is 5.40. The molecular weight excluding hydrogens is 270 g/mol. The smallest absolute Gasteiger partial charge is 0.0560 e. The zero-order valence-electron chi connectivity index (χ0n) is 12.1. The lowest BCUT2D eigenvalue weighted by Gasteiger charge is -2.32. The first-order valence-electron chi connectivity index (χ1n) is 7.10. The summed E-state index contributed by atoms with van der Waals surface area (Å²) in [7, 11) is 1.78. The van der Waals surface area contributed by atoms with E-state index in [1.54, 1.807) is 7.11 Å². The van der Waals surface area contributed by atoms with Gasteiger partial charge in [0.2, 0.25) is 0 Å². The molecule has 0 N–H and O–H groups in total. The molecule has 0 saturated heterocycles. The second-order valence-electron chi connectivity index (χ2n) is 5.26. The third kappa shape index (κ3) is 2.66. The van der Waals surface area contributed by atoms with Gasteiger partial charge in [-0.1, -0.05) is 6.07 Å². The predicted octanol–water partition coefficient (Wildman–Crippen LogP) is 2.71. The summed E-state index contributed by atoms with van der Waals surface area (Å²) >= 11 is 1.83. The van der Waals surface area contributed by atoms with Gasteiger partial charge in [-0.25, -0.2) is 0 Å². The summed E-state index contributed by atoms with van der Waals surface area (Å²) in [6.07, 6.45) is 2.03. The van der Waals surface area contributed by atoms with E-state index in [1.165, 1.54) is 16.1 Å². The second-order valence-corrected chi connectivity index (χ2v) is 6.30. The van der Waals surface area contributed by atoms with Crippen LogP contribution in [-0.2, 0) is 24.4 Å². The third-order valence-corrected chi connectivity index (χ3v) is 4.76. The maximum atomic E-state index is 5.40. The van der Waals surface area contributed by atoms with Crippen LogP contribution in [0.15, 0.2) is 23.7 Å². The first-order chi connectivity index (χ1) is 9.81. The molecular formula is C15H21N3OS. The molecule has 3 heterocycles. The lowest BCUT2D eigenvalue weighted by molar-refractivity contribution is 0.134. The Balaban J connectivity index is 1.82. The lowest BCUT2D eigenvalue weighted by atomic mass is 9.95. The number of ether oxygens (including phenoxy) is 1. The molecule has 1 aliphatic rings. The van der Waals surface area contributed by atoms with Crippen molar-refractivity contribution >= 4 is 11.3 Å². The standard InChI is InChI=1S/C15H21N3OS/c1-3-18-15-10-17(9-13-5-4-6-20-13)8-12(11-19-2)14(15)7-16-18/h4-7,12H,3,8-11H2,1-2H3. The summed E-state index contributed by atoms with van der Waals surface area (Å²) in [5.74, 6) is 0.434. The predicted molar refractivity (Wildman–Crippen MR) is 81.0 cm³/mol. The van der Waals surface area contributed by atoms with Crippen molar-refractivity contribution in [2.24, 2.45) is 0 Å². The van der Waals surface area contributed by atoms with Crippen molar-refractivity contribution in [2.45, 2.75) is 32.5 Å². The number of hydrogen-bond acceptors (Lipinski definition) is 4. The first-order valence-corrected chi connectivity index (χ1v) is 7.98. The van der Waals surface area contributed by atoms with Gasteiger partial charge in [0.15, 0.2) is 0 Å². The Morgan fingerprint density at radius 2 is 2.40 bits per heavy atom. The highest BCUT2D eigenvalue weighted by atomic mass is 32.1. The third-order valence-electron chi connectivity index (χ3n) is 3.90. The average Bonchev–Trinajstić information content (AvgIpc) is 3.08. The zero-order chi connectivity index (χ0) is 13.9. The summed E-state index contributed by atoms with van der Waals surface area (Å²) in [6.45, 7) is 6.91. The van der Waals surface area contributed by atoms with Gasteiger partial charge in [-0.3, -0.25) is 9.58 Å². The topological polar surface area (TPSA) is 30.3 Å². The molecule has 0 saturated carbocycles. The number of rotatable bonds is 5. The van der Waals surface area contributed by atoms with Crippen LogP contribution in [0.3, 0.4) is 0 Å². The first kappa shape index (κ1) is 13.8. The van der Waals surface area contributed by atoms with Crippen molar-refractivity contribution < 1.29 is 4.74 Å². The van der Waals surface area contributed by atoms with E-state index in [0.29, 0.717) is 5.92 Å². The molecule has 2 aromatic heterocycles. The highest BCUT2D eigenvalue weighted by Crippen LogP contribution is 2.30. The maximum Gasteiger partial charge on any atom is 0.0560 e. The van der Waals surface area contributed by atoms with Crippen molar-refractivity contribution in [1.82, 2.24) is 14.7 Å².